The Bertz CT molecular complexity index is 403. The molecule has 0 bridgehead atoms. The van der Waals surface area contributed by atoms with E-state index >= 15 is 0 Å². The molecular formula is C17H29NO3. The molecular weight excluding hydrogens is 266 g/mol. The van der Waals surface area contributed by atoms with Crippen LogP contribution >= 0.6 is 0 Å². The second-order valence-corrected chi connectivity index (χ2v) is 4.96. The van der Waals surface area contributed by atoms with Crippen molar-refractivity contribution >= 4 is 0 Å². The number of nitrogens with one attached hydrogen (secondary N) is 1. The van der Waals surface area contributed by atoms with Gasteiger partial charge in [-0.15, -0.1) is 0 Å². The van der Waals surface area contributed by atoms with Crippen molar-refractivity contribution in [1.29, 1.82) is 0 Å². The second-order valence-electron chi connectivity index (χ2n) is 4.96. The molecule has 0 saturated heterocycles. The van der Waals surface area contributed by atoms with Crippen LogP contribution in [0.15, 0.2) is 18.2 Å². The second kappa shape index (κ2) is 9.77. The van der Waals surface area contributed by atoms with Crippen LogP contribution in [0.1, 0.15) is 44.4 Å². The highest BCUT2D eigenvalue weighted by Crippen LogP contribution is 2.30. The Morgan fingerprint density at radius 2 is 1.76 bits per heavy atom. The topological polar surface area (TPSA) is 39.7 Å². The van der Waals surface area contributed by atoms with E-state index in [0.29, 0.717) is 13.2 Å². The van der Waals surface area contributed by atoms with Gasteiger partial charge in [0.15, 0.2) is 6.29 Å². The van der Waals surface area contributed by atoms with E-state index in [2.05, 4.69) is 31.3 Å². The highest BCUT2D eigenvalue weighted by atomic mass is 16.7. The Kier molecular flexibility index (Phi) is 8.35. The third-order valence-corrected chi connectivity index (χ3v) is 3.27. The van der Waals surface area contributed by atoms with Crippen LogP contribution in [-0.2, 0) is 9.47 Å². The van der Waals surface area contributed by atoms with Gasteiger partial charge < -0.3 is 19.5 Å². The first kappa shape index (κ1) is 18.0. The van der Waals surface area contributed by atoms with Crippen molar-refractivity contribution in [3.63, 3.8) is 0 Å². The van der Waals surface area contributed by atoms with Crippen LogP contribution in [0.2, 0.25) is 0 Å². The van der Waals surface area contributed by atoms with E-state index in [4.69, 9.17) is 14.2 Å². The molecule has 0 aliphatic rings. The molecule has 1 unspecified atom stereocenters. The van der Waals surface area contributed by atoms with E-state index in [1.54, 1.807) is 7.11 Å². The molecule has 0 fully saturated rings. The fourth-order valence-electron chi connectivity index (χ4n) is 2.32. The average Bonchev–Trinajstić information content (AvgIpc) is 2.48. The maximum atomic E-state index is 5.80. The summed E-state index contributed by atoms with van der Waals surface area (Å²) in [6.07, 6.45) is 0.734. The van der Waals surface area contributed by atoms with Crippen molar-refractivity contribution in [2.45, 2.75) is 46.4 Å². The largest absolute Gasteiger partial charge is 0.496 e. The SMILES string of the molecule is CCCNC(c1cc(C)ccc1OC)C(OCC)OCC. The molecule has 1 rings (SSSR count). The van der Waals surface area contributed by atoms with E-state index in [9.17, 15) is 0 Å². The summed E-state index contributed by atoms with van der Waals surface area (Å²) in [5.41, 5.74) is 2.28. The number of hydrogen-bond donors (Lipinski definition) is 1. The van der Waals surface area contributed by atoms with E-state index in [1.807, 2.05) is 19.9 Å². The molecule has 0 spiro atoms. The van der Waals surface area contributed by atoms with Gasteiger partial charge in [-0.2, -0.15) is 0 Å². The summed E-state index contributed by atoms with van der Waals surface area (Å²) in [5, 5.41) is 3.53. The van der Waals surface area contributed by atoms with E-state index in [0.717, 1.165) is 24.3 Å². The zero-order valence-electron chi connectivity index (χ0n) is 13.9. The Balaban J connectivity index is 3.12. The lowest BCUT2D eigenvalue weighted by Gasteiger charge is -2.29. The van der Waals surface area contributed by atoms with Crippen LogP contribution in [-0.4, -0.2) is 33.2 Å². The van der Waals surface area contributed by atoms with Crippen LogP contribution in [0, 0.1) is 6.92 Å². The number of aryl methyl sites for hydroxylation is 1. The lowest BCUT2D eigenvalue weighted by Crippen LogP contribution is -2.36. The zero-order chi connectivity index (χ0) is 15.7. The van der Waals surface area contributed by atoms with Crippen LogP contribution in [0.4, 0.5) is 0 Å². The predicted molar refractivity (Wildman–Crippen MR) is 85.8 cm³/mol. The first-order valence-electron chi connectivity index (χ1n) is 7.78. The third kappa shape index (κ3) is 5.30. The number of hydrogen-bond acceptors (Lipinski definition) is 4. The van der Waals surface area contributed by atoms with Crippen molar-refractivity contribution in [2.75, 3.05) is 26.9 Å². The Morgan fingerprint density at radius 1 is 1.10 bits per heavy atom. The van der Waals surface area contributed by atoms with Gasteiger partial charge in [0, 0.05) is 18.8 Å². The predicted octanol–water partition coefficient (Wildman–Crippen LogP) is 3.44. The Labute approximate surface area is 128 Å². The van der Waals surface area contributed by atoms with E-state index in [1.165, 1.54) is 5.56 Å². The molecule has 1 N–H and O–H groups in total. The monoisotopic (exact) mass is 295 g/mol. The van der Waals surface area contributed by atoms with Gasteiger partial charge in [-0.1, -0.05) is 24.6 Å². The summed E-state index contributed by atoms with van der Waals surface area (Å²) in [5.74, 6) is 0.860. The first-order chi connectivity index (χ1) is 10.2. The number of benzene rings is 1. The standard InChI is InChI=1S/C17H29NO3/c1-6-11-18-16(17(20-7-2)21-8-3)14-12-13(4)9-10-15(14)19-5/h9-10,12,16-18H,6-8,11H2,1-5H3. The molecule has 120 valence electrons. The lowest BCUT2D eigenvalue weighted by molar-refractivity contribution is -0.155. The summed E-state index contributed by atoms with van der Waals surface area (Å²) in [7, 11) is 1.70. The molecule has 0 aliphatic carbocycles. The molecule has 0 saturated carbocycles. The minimum Gasteiger partial charge on any atom is -0.496 e. The highest BCUT2D eigenvalue weighted by molar-refractivity contribution is 5.39. The smallest absolute Gasteiger partial charge is 0.176 e. The molecule has 0 aromatic heterocycles. The number of methoxy groups -OCH3 is 1. The molecule has 1 aromatic rings. The van der Waals surface area contributed by atoms with Gasteiger partial charge in [-0.3, -0.25) is 0 Å². The van der Waals surface area contributed by atoms with Gasteiger partial charge in [0.05, 0.1) is 13.2 Å². The van der Waals surface area contributed by atoms with Crippen LogP contribution < -0.4 is 10.1 Å². The number of ether oxygens (including phenoxy) is 3. The van der Waals surface area contributed by atoms with Crippen LogP contribution in [0.25, 0.3) is 0 Å². The minimum absolute atomic E-state index is 0.0419. The molecule has 21 heavy (non-hydrogen) atoms. The van der Waals surface area contributed by atoms with Crippen molar-refractivity contribution in [3.8, 4) is 5.75 Å². The van der Waals surface area contributed by atoms with Gasteiger partial charge in [0.2, 0.25) is 0 Å². The number of rotatable bonds is 10. The molecule has 1 aromatic carbocycles. The fraction of sp³-hybridized carbons (Fsp3) is 0.647. The van der Waals surface area contributed by atoms with Crippen molar-refractivity contribution in [2.24, 2.45) is 0 Å². The Morgan fingerprint density at radius 3 is 2.29 bits per heavy atom. The molecule has 0 amide bonds. The Hall–Kier alpha value is -1.10. The van der Waals surface area contributed by atoms with Crippen molar-refractivity contribution in [3.05, 3.63) is 29.3 Å². The molecule has 0 radical (unpaired) electrons. The van der Waals surface area contributed by atoms with E-state index < -0.39 is 0 Å². The summed E-state index contributed by atoms with van der Waals surface area (Å²) in [6, 6.07) is 6.15. The minimum atomic E-state index is -0.317. The summed E-state index contributed by atoms with van der Waals surface area (Å²) in [6.45, 7) is 10.3. The molecule has 4 heteroatoms. The first-order valence-corrected chi connectivity index (χ1v) is 7.78. The van der Waals surface area contributed by atoms with Gasteiger partial charge in [-0.05, 0) is 39.8 Å². The third-order valence-electron chi connectivity index (χ3n) is 3.27. The lowest BCUT2D eigenvalue weighted by atomic mass is 10.0. The average molecular weight is 295 g/mol. The van der Waals surface area contributed by atoms with Crippen LogP contribution in [0.3, 0.4) is 0 Å². The summed E-state index contributed by atoms with van der Waals surface area (Å²) < 4.78 is 17.1. The van der Waals surface area contributed by atoms with Crippen molar-refractivity contribution in [1.82, 2.24) is 5.32 Å². The summed E-state index contributed by atoms with van der Waals surface area (Å²) >= 11 is 0. The fourth-order valence-corrected chi connectivity index (χ4v) is 2.32. The molecule has 4 nitrogen and oxygen atoms in total. The van der Waals surface area contributed by atoms with Crippen LogP contribution in [0.5, 0.6) is 5.75 Å². The molecule has 0 heterocycles. The highest BCUT2D eigenvalue weighted by Gasteiger charge is 2.26. The summed E-state index contributed by atoms with van der Waals surface area (Å²) in [4.78, 5) is 0. The molecule has 1 atom stereocenters. The van der Waals surface area contributed by atoms with E-state index in [-0.39, 0.29) is 12.3 Å². The van der Waals surface area contributed by atoms with Gasteiger partial charge in [-0.25, -0.2) is 0 Å². The zero-order valence-corrected chi connectivity index (χ0v) is 13.9. The molecule has 0 aliphatic heterocycles. The maximum Gasteiger partial charge on any atom is 0.176 e. The normalized spacial score (nSPS) is 12.7. The van der Waals surface area contributed by atoms with Gasteiger partial charge in [0.1, 0.15) is 5.75 Å². The quantitative estimate of drug-likeness (QED) is 0.671. The maximum absolute atomic E-state index is 5.80. The van der Waals surface area contributed by atoms with Gasteiger partial charge in [0.25, 0.3) is 0 Å². The van der Waals surface area contributed by atoms with Crippen molar-refractivity contribution < 1.29 is 14.2 Å². The van der Waals surface area contributed by atoms with Gasteiger partial charge >= 0.3 is 0 Å².